The molecular formula is C17H24N2O3. The molecule has 2 amide bonds. The Balaban J connectivity index is 2.16. The normalized spacial score (nSPS) is 21.0. The number of benzene rings is 1. The van der Waals surface area contributed by atoms with Crippen LogP contribution in [0, 0.1) is 25.7 Å². The number of likely N-dealkylation sites (tertiary alicyclic amines) is 1. The first kappa shape index (κ1) is 16.5. The Morgan fingerprint density at radius 2 is 2.00 bits per heavy atom. The van der Waals surface area contributed by atoms with Crippen LogP contribution in [0.25, 0.3) is 0 Å². The Morgan fingerprint density at radius 1 is 1.27 bits per heavy atom. The van der Waals surface area contributed by atoms with Crippen molar-refractivity contribution >= 4 is 11.8 Å². The molecule has 1 N–H and O–H groups in total. The van der Waals surface area contributed by atoms with E-state index in [1.807, 2.05) is 32.0 Å². The van der Waals surface area contributed by atoms with Crippen molar-refractivity contribution in [1.82, 2.24) is 10.2 Å². The molecule has 0 spiro atoms. The van der Waals surface area contributed by atoms with Crippen molar-refractivity contribution in [3.63, 3.8) is 0 Å². The van der Waals surface area contributed by atoms with E-state index >= 15 is 0 Å². The molecule has 1 fully saturated rings. The molecule has 120 valence electrons. The first-order valence-electron chi connectivity index (χ1n) is 7.55. The maximum atomic E-state index is 12.7. The second-order valence-electron chi connectivity index (χ2n) is 5.95. The average molecular weight is 304 g/mol. The third kappa shape index (κ3) is 3.30. The predicted octanol–water partition coefficient (Wildman–Crippen LogP) is 1.38. The van der Waals surface area contributed by atoms with Crippen LogP contribution in [0.2, 0.25) is 0 Å². The zero-order chi connectivity index (χ0) is 16.3. The molecule has 22 heavy (non-hydrogen) atoms. The lowest BCUT2D eigenvalue weighted by atomic mass is 9.96. The van der Waals surface area contributed by atoms with Crippen LogP contribution in [-0.2, 0) is 9.53 Å². The van der Waals surface area contributed by atoms with E-state index in [4.69, 9.17) is 4.74 Å². The number of nitrogens with zero attached hydrogens (tertiary/aromatic N) is 1. The van der Waals surface area contributed by atoms with Gasteiger partial charge in [-0.25, -0.2) is 0 Å². The van der Waals surface area contributed by atoms with Crippen LogP contribution in [0.15, 0.2) is 18.2 Å². The number of rotatable bonds is 4. The number of amides is 2. The summed E-state index contributed by atoms with van der Waals surface area (Å²) < 4.78 is 5.20. The highest BCUT2D eigenvalue weighted by atomic mass is 16.5. The van der Waals surface area contributed by atoms with Crippen molar-refractivity contribution in [3.8, 4) is 0 Å². The van der Waals surface area contributed by atoms with Crippen LogP contribution in [0.4, 0.5) is 0 Å². The molecule has 0 aliphatic carbocycles. The fraction of sp³-hybridized carbons (Fsp3) is 0.529. The molecule has 2 rings (SSSR count). The van der Waals surface area contributed by atoms with Gasteiger partial charge in [0.25, 0.3) is 5.91 Å². The van der Waals surface area contributed by atoms with Gasteiger partial charge in [-0.3, -0.25) is 9.59 Å². The van der Waals surface area contributed by atoms with Crippen LogP contribution < -0.4 is 5.32 Å². The number of carbonyl (C=O) groups excluding carboxylic acids is 2. The molecule has 0 saturated carbocycles. The quantitative estimate of drug-likeness (QED) is 0.914. The topological polar surface area (TPSA) is 58.6 Å². The van der Waals surface area contributed by atoms with Crippen molar-refractivity contribution in [2.45, 2.75) is 13.8 Å². The standard InChI is InChI=1S/C17H24N2O3/c1-11-5-6-13(7-12(11)2)17(21)19-8-14(10-22-4)15(9-19)16(20)18-3/h5-7,14-15H,8-10H2,1-4H3,(H,18,20). The van der Waals surface area contributed by atoms with Crippen molar-refractivity contribution < 1.29 is 14.3 Å². The minimum atomic E-state index is -0.208. The predicted molar refractivity (Wildman–Crippen MR) is 84.7 cm³/mol. The maximum absolute atomic E-state index is 12.7. The van der Waals surface area contributed by atoms with Crippen LogP contribution in [0.5, 0.6) is 0 Å². The maximum Gasteiger partial charge on any atom is 0.253 e. The first-order valence-corrected chi connectivity index (χ1v) is 7.55. The number of ether oxygens (including phenoxy) is 1. The summed E-state index contributed by atoms with van der Waals surface area (Å²) in [5, 5.41) is 2.68. The summed E-state index contributed by atoms with van der Waals surface area (Å²) in [5.41, 5.74) is 2.94. The van der Waals surface area contributed by atoms with Crippen molar-refractivity contribution in [2.75, 3.05) is 33.9 Å². The van der Waals surface area contributed by atoms with E-state index in [0.29, 0.717) is 25.3 Å². The van der Waals surface area contributed by atoms with Gasteiger partial charge in [0.1, 0.15) is 0 Å². The van der Waals surface area contributed by atoms with Crippen LogP contribution in [0.1, 0.15) is 21.5 Å². The lowest BCUT2D eigenvalue weighted by Crippen LogP contribution is -2.34. The minimum absolute atomic E-state index is 0.0180. The number of methoxy groups -OCH3 is 1. The van der Waals surface area contributed by atoms with E-state index in [1.165, 1.54) is 5.56 Å². The van der Waals surface area contributed by atoms with Gasteiger partial charge in [-0.2, -0.15) is 0 Å². The van der Waals surface area contributed by atoms with E-state index in [0.717, 1.165) is 5.56 Å². The summed E-state index contributed by atoms with van der Waals surface area (Å²) in [7, 11) is 3.24. The Hall–Kier alpha value is -1.88. The zero-order valence-corrected chi connectivity index (χ0v) is 13.7. The summed E-state index contributed by atoms with van der Waals surface area (Å²) in [6.45, 7) is 5.50. The smallest absolute Gasteiger partial charge is 0.253 e. The fourth-order valence-electron chi connectivity index (χ4n) is 2.96. The zero-order valence-electron chi connectivity index (χ0n) is 13.7. The Bertz CT molecular complexity index is 571. The summed E-state index contributed by atoms with van der Waals surface area (Å²) >= 11 is 0. The van der Waals surface area contributed by atoms with E-state index in [1.54, 1.807) is 19.1 Å². The average Bonchev–Trinajstić information content (AvgIpc) is 2.93. The molecule has 0 bridgehead atoms. The number of carbonyl (C=O) groups is 2. The number of hydrogen-bond acceptors (Lipinski definition) is 3. The Labute approximate surface area is 131 Å². The van der Waals surface area contributed by atoms with E-state index in [2.05, 4.69) is 5.32 Å². The third-order valence-electron chi connectivity index (χ3n) is 4.45. The lowest BCUT2D eigenvalue weighted by Gasteiger charge is -2.17. The molecule has 1 aliphatic heterocycles. The van der Waals surface area contributed by atoms with E-state index in [9.17, 15) is 9.59 Å². The molecule has 5 heteroatoms. The number of nitrogens with one attached hydrogen (secondary N) is 1. The Morgan fingerprint density at radius 3 is 2.59 bits per heavy atom. The van der Waals surface area contributed by atoms with Gasteiger partial charge in [0, 0.05) is 38.7 Å². The molecule has 1 heterocycles. The van der Waals surface area contributed by atoms with Gasteiger partial charge in [-0.1, -0.05) is 6.07 Å². The molecule has 2 unspecified atom stereocenters. The molecule has 1 saturated heterocycles. The van der Waals surface area contributed by atoms with Crippen molar-refractivity contribution in [1.29, 1.82) is 0 Å². The summed E-state index contributed by atoms with van der Waals surface area (Å²) in [6, 6.07) is 5.72. The highest BCUT2D eigenvalue weighted by Crippen LogP contribution is 2.26. The fourth-order valence-corrected chi connectivity index (χ4v) is 2.96. The summed E-state index contributed by atoms with van der Waals surface area (Å²) in [5.74, 6) is -0.214. The van der Waals surface area contributed by atoms with Gasteiger partial charge in [0.2, 0.25) is 5.91 Å². The SMILES string of the molecule is CNC(=O)C1CN(C(=O)c2ccc(C)c(C)c2)CC1COC. The molecule has 5 nitrogen and oxygen atoms in total. The van der Waals surface area contributed by atoms with Crippen molar-refractivity contribution in [2.24, 2.45) is 11.8 Å². The number of aryl methyl sites for hydroxylation is 2. The lowest BCUT2D eigenvalue weighted by molar-refractivity contribution is -0.125. The van der Waals surface area contributed by atoms with Crippen molar-refractivity contribution in [3.05, 3.63) is 34.9 Å². The van der Waals surface area contributed by atoms with Crippen LogP contribution >= 0.6 is 0 Å². The van der Waals surface area contributed by atoms with Gasteiger partial charge >= 0.3 is 0 Å². The first-order chi connectivity index (χ1) is 10.5. The molecular weight excluding hydrogens is 280 g/mol. The second kappa shape index (κ2) is 6.92. The van der Waals surface area contributed by atoms with Crippen LogP contribution in [-0.4, -0.2) is 50.6 Å². The molecule has 2 atom stereocenters. The highest BCUT2D eigenvalue weighted by Gasteiger charge is 2.39. The molecule has 1 aromatic rings. The third-order valence-corrected chi connectivity index (χ3v) is 4.45. The molecule has 1 aliphatic rings. The van der Waals surface area contributed by atoms with E-state index in [-0.39, 0.29) is 23.7 Å². The van der Waals surface area contributed by atoms with Gasteiger partial charge < -0.3 is 15.0 Å². The highest BCUT2D eigenvalue weighted by molar-refractivity contribution is 5.95. The molecule has 1 aromatic carbocycles. The summed E-state index contributed by atoms with van der Waals surface area (Å²) in [4.78, 5) is 26.4. The molecule has 0 radical (unpaired) electrons. The number of hydrogen-bond donors (Lipinski definition) is 1. The monoisotopic (exact) mass is 304 g/mol. The second-order valence-corrected chi connectivity index (χ2v) is 5.95. The van der Waals surface area contributed by atoms with Gasteiger partial charge in [0.05, 0.1) is 12.5 Å². The van der Waals surface area contributed by atoms with Gasteiger partial charge in [0.15, 0.2) is 0 Å². The van der Waals surface area contributed by atoms with E-state index < -0.39 is 0 Å². The van der Waals surface area contributed by atoms with Gasteiger partial charge in [-0.05, 0) is 37.1 Å². The largest absolute Gasteiger partial charge is 0.384 e. The molecule has 0 aromatic heterocycles. The Kier molecular flexibility index (Phi) is 5.19. The van der Waals surface area contributed by atoms with Gasteiger partial charge in [-0.15, -0.1) is 0 Å². The van der Waals surface area contributed by atoms with Crippen LogP contribution in [0.3, 0.4) is 0 Å². The summed E-state index contributed by atoms with van der Waals surface area (Å²) in [6.07, 6.45) is 0. The minimum Gasteiger partial charge on any atom is -0.384 e.